The van der Waals surface area contributed by atoms with Crippen LogP contribution < -0.4 is 5.32 Å². The quantitative estimate of drug-likeness (QED) is 0.844. The van der Waals surface area contributed by atoms with Gasteiger partial charge in [0.15, 0.2) is 0 Å². The number of aromatic nitrogens is 1. The topological polar surface area (TPSA) is 62.2 Å². The Hall–Kier alpha value is -0.840. The molecule has 19 heavy (non-hydrogen) atoms. The molecule has 0 aliphatic heterocycles. The fourth-order valence-corrected chi connectivity index (χ4v) is 2.65. The van der Waals surface area contributed by atoms with Crippen LogP contribution in [0.15, 0.2) is 12.1 Å². The van der Waals surface area contributed by atoms with Gasteiger partial charge in [-0.15, -0.1) is 0 Å². The Labute approximate surface area is 122 Å². The molecule has 0 spiro atoms. The Balaban J connectivity index is 1.95. The van der Waals surface area contributed by atoms with Crippen molar-refractivity contribution < 1.29 is 9.90 Å². The molecule has 2 atom stereocenters. The molecule has 0 radical (unpaired) electrons. The molecule has 1 aliphatic carbocycles. The van der Waals surface area contributed by atoms with Gasteiger partial charge in [-0.3, -0.25) is 4.79 Å². The van der Waals surface area contributed by atoms with Crippen molar-refractivity contribution >= 4 is 29.1 Å². The van der Waals surface area contributed by atoms with Crippen molar-refractivity contribution in [2.24, 2.45) is 5.92 Å². The van der Waals surface area contributed by atoms with Gasteiger partial charge in [0.25, 0.3) is 5.91 Å². The van der Waals surface area contributed by atoms with Gasteiger partial charge in [0.05, 0.1) is 11.1 Å². The molecule has 0 bridgehead atoms. The van der Waals surface area contributed by atoms with E-state index in [2.05, 4.69) is 10.3 Å². The third kappa shape index (κ3) is 3.81. The minimum absolute atomic E-state index is 0.107. The number of carbonyl (C=O) groups is 1. The molecule has 2 unspecified atom stereocenters. The Morgan fingerprint density at radius 2 is 2.11 bits per heavy atom. The fraction of sp³-hybridized carbons (Fsp3) is 0.538. The van der Waals surface area contributed by atoms with Crippen LogP contribution in [0.5, 0.6) is 0 Å². The smallest absolute Gasteiger partial charge is 0.271 e. The molecule has 0 aromatic carbocycles. The summed E-state index contributed by atoms with van der Waals surface area (Å²) in [7, 11) is 0. The van der Waals surface area contributed by atoms with E-state index in [0.717, 1.165) is 25.7 Å². The first kappa shape index (κ1) is 14.6. The van der Waals surface area contributed by atoms with Crippen molar-refractivity contribution in [2.75, 3.05) is 6.54 Å². The molecule has 1 aliphatic rings. The lowest BCUT2D eigenvalue weighted by atomic mass is 9.86. The molecule has 104 valence electrons. The van der Waals surface area contributed by atoms with Crippen molar-refractivity contribution in [3.05, 3.63) is 28.0 Å². The van der Waals surface area contributed by atoms with E-state index >= 15 is 0 Å². The Kier molecular flexibility index (Phi) is 5.02. The number of carbonyl (C=O) groups excluding carboxylic acids is 1. The van der Waals surface area contributed by atoms with Gasteiger partial charge in [-0.1, -0.05) is 36.0 Å². The second-order valence-electron chi connectivity index (χ2n) is 4.79. The standard InChI is InChI=1S/C13H16Cl2N2O2/c14-9-5-6-11(15)17-12(9)13(19)16-7-8-3-1-2-4-10(8)18/h5-6,8,10,18H,1-4,7H2,(H,16,19). The summed E-state index contributed by atoms with van der Waals surface area (Å²) in [5, 5.41) is 13.1. The number of rotatable bonds is 3. The summed E-state index contributed by atoms with van der Waals surface area (Å²) in [6.45, 7) is 0.435. The maximum atomic E-state index is 12.0. The number of amides is 1. The van der Waals surface area contributed by atoms with Gasteiger partial charge in [0.2, 0.25) is 0 Å². The predicted molar refractivity (Wildman–Crippen MR) is 74.6 cm³/mol. The summed E-state index contributed by atoms with van der Waals surface area (Å²) in [5.41, 5.74) is 0.125. The zero-order valence-corrected chi connectivity index (χ0v) is 11.9. The maximum Gasteiger partial charge on any atom is 0.271 e. The zero-order valence-electron chi connectivity index (χ0n) is 10.4. The minimum atomic E-state index is -0.356. The van der Waals surface area contributed by atoms with E-state index in [-0.39, 0.29) is 33.8 Å². The van der Waals surface area contributed by atoms with E-state index in [1.807, 2.05) is 0 Å². The van der Waals surface area contributed by atoms with E-state index in [1.54, 1.807) is 6.07 Å². The summed E-state index contributed by atoms with van der Waals surface area (Å²) in [6.07, 6.45) is 3.53. The monoisotopic (exact) mass is 302 g/mol. The van der Waals surface area contributed by atoms with Crippen LogP contribution in [-0.4, -0.2) is 28.6 Å². The Morgan fingerprint density at radius 1 is 1.37 bits per heavy atom. The van der Waals surface area contributed by atoms with Crippen molar-refractivity contribution in [2.45, 2.75) is 31.8 Å². The number of halogens is 2. The van der Waals surface area contributed by atoms with Crippen LogP contribution in [0.4, 0.5) is 0 Å². The number of hydrogen-bond acceptors (Lipinski definition) is 3. The second-order valence-corrected chi connectivity index (χ2v) is 5.58. The molecule has 6 heteroatoms. The number of aliphatic hydroxyl groups is 1. The highest BCUT2D eigenvalue weighted by molar-refractivity contribution is 6.34. The lowest BCUT2D eigenvalue weighted by molar-refractivity contribution is 0.0661. The van der Waals surface area contributed by atoms with Crippen molar-refractivity contribution in [3.63, 3.8) is 0 Å². The summed E-state index contributed by atoms with van der Waals surface area (Å²) in [6, 6.07) is 3.08. The third-order valence-corrected chi connectivity index (χ3v) is 3.94. The molecular weight excluding hydrogens is 287 g/mol. The first-order valence-corrected chi connectivity index (χ1v) is 7.12. The van der Waals surface area contributed by atoms with Gasteiger partial charge in [0.1, 0.15) is 10.8 Å². The summed E-state index contributed by atoms with van der Waals surface area (Å²) in [4.78, 5) is 15.9. The lowest BCUT2D eigenvalue weighted by Crippen LogP contribution is -2.37. The maximum absolute atomic E-state index is 12.0. The van der Waals surface area contributed by atoms with Crippen LogP contribution in [0.1, 0.15) is 36.2 Å². The molecule has 1 saturated carbocycles. The molecular formula is C13H16Cl2N2O2. The minimum Gasteiger partial charge on any atom is -0.393 e. The highest BCUT2D eigenvalue weighted by Gasteiger charge is 2.24. The second kappa shape index (κ2) is 6.55. The van der Waals surface area contributed by atoms with E-state index < -0.39 is 0 Å². The van der Waals surface area contributed by atoms with E-state index in [9.17, 15) is 9.90 Å². The van der Waals surface area contributed by atoms with Gasteiger partial charge >= 0.3 is 0 Å². The fourth-order valence-electron chi connectivity index (χ4n) is 2.31. The highest BCUT2D eigenvalue weighted by atomic mass is 35.5. The first-order valence-electron chi connectivity index (χ1n) is 6.36. The van der Waals surface area contributed by atoms with Gasteiger partial charge in [-0.05, 0) is 25.0 Å². The van der Waals surface area contributed by atoms with Crippen LogP contribution in [0, 0.1) is 5.92 Å². The third-order valence-electron chi connectivity index (χ3n) is 3.42. The van der Waals surface area contributed by atoms with Crippen LogP contribution >= 0.6 is 23.2 Å². The van der Waals surface area contributed by atoms with Crippen molar-refractivity contribution in [3.8, 4) is 0 Å². The van der Waals surface area contributed by atoms with E-state index in [4.69, 9.17) is 23.2 Å². The number of nitrogens with zero attached hydrogens (tertiary/aromatic N) is 1. The van der Waals surface area contributed by atoms with Crippen LogP contribution in [0.3, 0.4) is 0 Å². The molecule has 1 fully saturated rings. The molecule has 4 nitrogen and oxygen atoms in total. The van der Waals surface area contributed by atoms with E-state index in [0.29, 0.717) is 6.54 Å². The molecule has 1 aromatic rings. The predicted octanol–water partition coefficient (Wildman–Crippen LogP) is 2.67. The summed E-state index contributed by atoms with van der Waals surface area (Å²) < 4.78 is 0. The van der Waals surface area contributed by atoms with Gasteiger partial charge < -0.3 is 10.4 Å². The van der Waals surface area contributed by atoms with Crippen molar-refractivity contribution in [1.29, 1.82) is 0 Å². The summed E-state index contributed by atoms with van der Waals surface area (Å²) >= 11 is 11.7. The Bertz CT molecular complexity index is 468. The molecule has 2 N–H and O–H groups in total. The molecule has 1 aromatic heterocycles. The first-order chi connectivity index (χ1) is 9.08. The van der Waals surface area contributed by atoms with Gasteiger partial charge in [-0.25, -0.2) is 4.98 Å². The SMILES string of the molecule is O=C(NCC1CCCCC1O)c1nc(Cl)ccc1Cl. The highest BCUT2D eigenvalue weighted by Crippen LogP contribution is 2.24. The molecule has 1 amide bonds. The molecule has 1 heterocycles. The number of hydrogen-bond donors (Lipinski definition) is 2. The van der Waals surface area contributed by atoms with Gasteiger partial charge in [0, 0.05) is 12.5 Å². The molecule has 0 saturated heterocycles. The average Bonchev–Trinajstić information content (AvgIpc) is 2.40. The summed E-state index contributed by atoms with van der Waals surface area (Å²) in [5.74, 6) is -0.249. The number of nitrogens with one attached hydrogen (secondary N) is 1. The van der Waals surface area contributed by atoms with Crippen molar-refractivity contribution in [1.82, 2.24) is 10.3 Å². The van der Waals surface area contributed by atoms with Crippen LogP contribution in [0.25, 0.3) is 0 Å². The largest absolute Gasteiger partial charge is 0.393 e. The van der Waals surface area contributed by atoms with Crippen LogP contribution in [-0.2, 0) is 0 Å². The normalized spacial score (nSPS) is 23.1. The number of aliphatic hydroxyl groups excluding tert-OH is 1. The van der Waals surface area contributed by atoms with Gasteiger partial charge in [-0.2, -0.15) is 0 Å². The van der Waals surface area contributed by atoms with Crippen LogP contribution in [0.2, 0.25) is 10.2 Å². The average molecular weight is 303 g/mol. The zero-order chi connectivity index (χ0) is 13.8. The number of pyridine rings is 1. The molecule has 2 rings (SSSR count). The Morgan fingerprint density at radius 3 is 2.84 bits per heavy atom. The lowest BCUT2D eigenvalue weighted by Gasteiger charge is -2.27. The van der Waals surface area contributed by atoms with E-state index in [1.165, 1.54) is 6.07 Å².